The largest absolute Gasteiger partial charge is 0.467 e. The predicted molar refractivity (Wildman–Crippen MR) is 119 cm³/mol. The van der Waals surface area contributed by atoms with Gasteiger partial charge in [-0.1, -0.05) is 46.3 Å². The molecule has 0 fully saturated rings. The van der Waals surface area contributed by atoms with E-state index in [-0.39, 0.29) is 12.1 Å². The number of carbonyl (C=O) groups excluding carboxylic acids is 1. The monoisotopic (exact) mass is 459 g/mol. The average molecular weight is 460 g/mol. The molecule has 4 rings (SSSR count). The zero-order valence-electron chi connectivity index (χ0n) is 16.0. The van der Waals surface area contributed by atoms with E-state index in [0.717, 1.165) is 26.6 Å². The molecule has 0 unspecified atom stereocenters. The number of hydrogen-bond acceptors (Lipinski definition) is 3. The quantitative estimate of drug-likeness (QED) is 0.315. The molecule has 0 atom stereocenters. The van der Waals surface area contributed by atoms with E-state index in [1.54, 1.807) is 24.5 Å². The molecule has 0 aliphatic carbocycles. The summed E-state index contributed by atoms with van der Waals surface area (Å²) in [5.74, 6) is 0.194. The first-order valence-electron chi connectivity index (χ1n) is 9.39. The Kier molecular flexibility index (Phi) is 5.82. The van der Waals surface area contributed by atoms with Gasteiger partial charge in [-0.15, -0.1) is 0 Å². The Hall–Kier alpha value is -3.56. The molecule has 0 aliphatic heterocycles. The Balaban J connectivity index is 1.67. The molecule has 2 aromatic heterocycles. The fourth-order valence-corrected chi connectivity index (χ4v) is 3.54. The highest BCUT2D eigenvalue weighted by atomic mass is 79.9. The summed E-state index contributed by atoms with van der Waals surface area (Å²) in [7, 11) is 0. The van der Waals surface area contributed by atoms with Crippen LogP contribution in [0.4, 0.5) is 0 Å². The van der Waals surface area contributed by atoms with Gasteiger partial charge in [-0.3, -0.25) is 4.79 Å². The van der Waals surface area contributed by atoms with Crippen LogP contribution in [0.5, 0.6) is 0 Å². The van der Waals surface area contributed by atoms with Crippen molar-refractivity contribution in [3.63, 3.8) is 0 Å². The van der Waals surface area contributed by atoms with Crippen molar-refractivity contribution in [2.45, 2.75) is 13.1 Å². The third-order valence-corrected chi connectivity index (χ3v) is 5.29. The van der Waals surface area contributed by atoms with E-state index < -0.39 is 5.91 Å². The number of rotatable bonds is 6. The van der Waals surface area contributed by atoms with Gasteiger partial charge in [-0.2, -0.15) is 5.26 Å². The van der Waals surface area contributed by atoms with Crippen LogP contribution in [0.2, 0.25) is 0 Å². The van der Waals surface area contributed by atoms with Crippen LogP contribution in [-0.2, 0) is 17.9 Å². The van der Waals surface area contributed by atoms with Gasteiger partial charge < -0.3 is 14.3 Å². The van der Waals surface area contributed by atoms with Crippen molar-refractivity contribution in [2.75, 3.05) is 0 Å². The first kappa shape index (κ1) is 19.7. The second-order valence-corrected chi connectivity index (χ2v) is 7.69. The standard InChI is InChI=1S/C24H18BrN3O2/c25-20-9-7-17(8-10-20)16-28-21(12-18-4-1-2-6-23(18)28)13-19(14-26)24(29)27-15-22-5-3-11-30-22/h1-13H,15-16H2,(H,27,29)/b19-13-. The van der Waals surface area contributed by atoms with E-state index in [1.165, 1.54) is 0 Å². The third kappa shape index (κ3) is 4.37. The lowest BCUT2D eigenvalue weighted by molar-refractivity contribution is -0.117. The van der Waals surface area contributed by atoms with Gasteiger partial charge in [-0.25, -0.2) is 0 Å². The normalized spacial score (nSPS) is 11.4. The Morgan fingerprint density at radius 1 is 1.13 bits per heavy atom. The van der Waals surface area contributed by atoms with Crippen LogP contribution in [-0.4, -0.2) is 10.5 Å². The number of halogens is 1. The second kappa shape index (κ2) is 8.85. The maximum Gasteiger partial charge on any atom is 0.262 e. The molecule has 4 aromatic rings. The molecule has 0 saturated heterocycles. The van der Waals surface area contributed by atoms with Gasteiger partial charge in [0.25, 0.3) is 5.91 Å². The topological polar surface area (TPSA) is 71.0 Å². The summed E-state index contributed by atoms with van der Waals surface area (Å²) in [6.45, 7) is 0.853. The number of amides is 1. The summed E-state index contributed by atoms with van der Waals surface area (Å²) in [5.41, 5.74) is 3.00. The minimum Gasteiger partial charge on any atom is -0.467 e. The molecule has 0 bridgehead atoms. The summed E-state index contributed by atoms with van der Waals surface area (Å²) < 4.78 is 8.35. The smallest absolute Gasteiger partial charge is 0.262 e. The van der Waals surface area contributed by atoms with Gasteiger partial charge in [-0.05, 0) is 48.0 Å². The zero-order valence-corrected chi connectivity index (χ0v) is 17.6. The number of fused-ring (bicyclic) bond motifs is 1. The van der Waals surface area contributed by atoms with Crippen molar-refractivity contribution in [3.8, 4) is 6.07 Å². The van der Waals surface area contributed by atoms with Crippen LogP contribution >= 0.6 is 15.9 Å². The zero-order chi connectivity index (χ0) is 20.9. The van der Waals surface area contributed by atoms with E-state index >= 15 is 0 Å². The average Bonchev–Trinajstić information content (AvgIpc) is 3.40. The van der Waals surface area contributed by atoms with Gasteiger partial charge >= 0.3 is 0 Å². The van der Waals surface area contributed by atoms with Crippen molar-refractivity contribution >= 4 is 38.8 Å². The first-order valence-corrected chi connectivity index (χ1v) is 10.2. The van der Waals surface area contributed by atoms with Crippen molar-refractivity contribution in [3.05, 3.63) is 100 Å². The van der Waals surface area contributed by atoms with E-state index in [9.17, 15) is 10.1 Å². The van der Waals surface area contributed by atoms with E-state index in [1.807, 2.05) is 60.7 Å². The molecule has 0 radical (unpaired) electrons. The van der Waals surface area contributed by atoms with Gasteiger partial charge in [0, 0.05) is 27.6 Å². The predicted octanol–water partition coefficient (Wildman–Crippen LogP) is 5.27. The van der Waals surface area contributed by atoms with Gasteiger partial charge in [0.05, 0.1) is 12.8 Å². The summed E-state index contributed by atoms with van der Waals surface area (Å²) in [4.78, 5) is 12.5. The lowest BCUT2D eigenvalue weighted by Gasteiger charge is -2.10. The molecular formula is C24H18BrN3O2. The maximum absolute atomic E-state index is 12.5. The molecule has 0 saturated carbocycles. The number of nitriles is 1. The van der Waals surface area contributed by atoms with Crippen LogP contribution in [0.1, 0.15) is 17.0 Å². The molecular weight excluding hydrogens is 442 g/mol. The van der Waals surface area contributed by atoms with Crippen LogP contribution in [0.25, 0.3) is 17.0 Å². The molecule has 0 spiro atoms. The van der Waals surface area contributed by atoms with Crippen molar-refractivity contribution in [1.82, 2.24) is 9.88 Å². The SMILES string of the molecule is N#C/C(=C/c1cc2ccccc2n1Cc1ccc(Br)cc1)C(=O)NCc1ccco1. The molecule has 148 valence electrons. The maximum atomic E-state index is 12.5. The highest BCUT2D eigenvalue weighted by Gasteiger charge is 2.13. The number of aromatic nitrogens is 1. The Morgan fingerprint density at radius 2 is 1.93 bits per heavy atom. The van der Waals surface area contributed by atoms with E-state index in [0.29, 0.717) is 12.3 Å². The fourth-order valence-electron chi connectivity index (χ4n) is 3.27. The molecule has 5 nitrogen and oxygen atoms in total. The van der Waals surface area contributed by atoms with Crippen molar-refractivity contribution < 1.29 is 9.21 Å². The molecule has 30 heavy (non-hydrogen) atoms. The number of nitrogens with one attached hydrogen (secondary N) is 1. The van der Waals surface area contributed by atoms with Crippen molar-refractivity contribution in [1.29, 1.82) is 5.26 Å². The number of nitrogens with zero attached hydrogens (tertiary/aromatic N) is 2. The van der Waals surface area contributed by atoms with E-state index in [4.69, 9.17) is 4.42 Å². The summed E-state index contributed by atoms with van der Waals surface area (Å²) >= 11 is 3.46. The van der Waals surface area contributed by atoms with Gasteiger partial charge in [0.1, 0.15) is 17.4 Å². The highest BCUT2D eigenvalue weighted by Crippen LogP contribution is 2.24. The Labute approximate surface area is 182 Å². The first-order chi connectivity index (χ1) is 14.6. The lowest BCUT2D eigenvalue weighted by Crippen LogP contribution is -2.23. The minimum absolute atomic E-state index is 0.0430. The lowest BCUT2D eigenvalue weighted by atomic mass is 10.2. The molecule has 6 heteroatoms. The number of carbonyl (C=O) groups is 1. The van der Waals surface area contributed by atoms with Crippen LogP contribution in [0.15, 0.2) is 87.5 Å². The number of benzene rings is 2. The van der Waals surface area contributed by atoms with Gasteiger partial charge in [0.2, 0.25) is 0 Å². The number of para-hydroxylation sites is 1. The summed E-state index contributed by atoms with van der Waals surface area (Å²) in [5, 5.41) is 13.4. The van der Waals surface area contributed by atoms with Crippen LogP contribution < -0.4 is 5.32 Å². The van der Waals surface area contributed by atoms with Crippen LogP contribution in [0, 0.1) is 11.3 Å². The molecule has 2 aromatic carbocycles. The van der Waals surface area contributed by atoms with E-state index in [2.05, 4.69) is 25.8 Å². The van der Waals surface area contributed by atoms with Crippen LogP contribution in [0.3, 0.4) is 0 Å². The summed E-state index contributed by atoms with van der Waals surface area (Å²) in [6.07, 6.45) is 3.18. The number of furan rings is 1. The molecule has 1 amide bonds. The third-order valence-electron chi connectivity index (χ3n) is 4.76. The highest BCUT2D eigenvalue weighted by molar-refractivity contribution is 9.10. The fraction of sp³-hybridized carbons (Fsp3) is 0.0833. The molecule has 2 heterocycles. The summed E-state index contributed by atoms with van der Waals surface area (Å²) in [6, 6.07) is 23.6. The van der Waals surface area contributed by atoms with Gasteiger partial charge in [0.15, 0.2) is 0 Å². The minimum atomic E-state index is -0.436. The number of hydrogen-bond donors (Lipinski definition) is 1. The second-order valence-electron chi connectivity index (χ2n) is 6.77. The Bertz CT molecular complexity index is 1250. The molecule has 0 aliphatic rings. The van der Waals surface area contributed by atoms with Crippen molar-refractivity contribution in [2.24, 2.45) is 0 Å². The molecule has 1 N–H and O–H groups in total. The Morgan fingerprint density at radius 3 is 2.67 bits per heavy atom.